The van der Waals surface area contributed by atoms with E-state index in [1.807, 2.05) is 0 Å². The van der Waals surface area contributed by atoms with E-state index < -0.39 is 0 Å². The van der Waals surface area contributed by atoms with Gasteiger partial charge in [0.2, 0.25) is 0 Å². The van der Waals surface area contributed by atoms with Crippen molar-refractivity contribution < 1.29 is 0 Å². The van der Waals surface area contributed by atoms with Crippen LogP contribution in [0.3, 0.4) is 0 Å². The average molecular weight is 478 g/mol. The van der Waals surface area contributed by atoms with Gasteiger partial charge in [-0.1, -0.05) is 60.7 Å². The van der Waals surface area contributed by atoms with Crippen molar-refractivity contribution in [2.75, 3.05) is 0 Å². The Morgan fingerprint density at radius 1 is 0.971 bits per heavy atom. The molecule has 0 bridgehead atoms. The molecule has 5 heteroatoms. The normalized spacial score (nSPS) is 19.2. The van der Waals surface area contributed by atoms with E-state index in [1.54, 1.807) is 22.2 Å². The van der Waals surface area contributed by atoms with E-state index in [0.29, 0.717) is 18.6 Å². The van der Waals surface area contributed by atoms with Gasteiger partial charge in [-0.3, -0.25) is 9.36 Å². The second-order valence-corrected chi connectivity index (χ2v) is 11.0. The molecule has 2 aromatic heterocycles. The number of fused-ring (bicyclic) bond motifs is 5. The fraction of sp³-hybridized carbons (Fsp3) is 0.267. The van der Waals surface area contributed by atoms with Gasteiger partial charge in [-0.05, 0) is 71.2 Å². The van der Waals surface area contributed by atoms with Gasteiger partial charge in [0.25, 0.3) is 5.56 Å². The molecule has 174 valence electrons. The Kier molecular flexibility index (Phi) is 5.07. The summed E-state index contributed by atoms with van der Waals surface area (Å²) in [6, 6.07) is 24.5. The highest BCUT2D eigenvalue weighted by atomic mass is 32.1. The molecule has 35 heavy (non-hydrogen) atoms. The van der Waals surface area contributed by atoms with Gasteiger partial charge in [0.1, 0.15) is 4.83 Å². The maximum absolute atomic E-state index is 13.5. The van der Waals surface area contributed by atoms with Crippen molar-refractivity contribution in [2.45, 2.75) is 50.7 Å². The molecule has 0 spiro atoms. The SMILES string of the molecule is O=c1c2c3c(sc2ncn1Cc1ccc2ccccc2c1)CC(NC1CCc2ccccc21)CC3. The molecular weight excluding hydrogens is 450 g/mol. The molecule has 0 saturated heterocycles. The van der Waals surface area contributed by atoms with Gasteiger partial charge in [-0.15, -0.1) is 11.3 Å². The Morgan fingerprint density at radius 2 is 1.83 bits per heavy atom. The smallest absolute Gasteiger partial charge is 0.262 e. The second kappa shape index (κ2) is 8.43. The van der Waals surface area contributed by atoms with Crippen LogP contribution in [0.1, 0.15) is 46.0 Å². The van der Waals surface area contributed by atoms with E-state index >= 15 is 0 Å². The van der Waals surface area contributed by atoms with Crippen molar-refractivity contribution >= 4 is 32.3 Å². The summed E-state index contributed by atoms with van der Waals surface area (Å²) in [7, 11) is 0. The minimum Gasteiger partial charge on any atom is -0.307 e. The number of aryl methyl sites for hydroxylation is 2. The molecule has 2 atom stereocenters. The van der Waals surface area contributed by atoms with E-state index in [-0.39, 0.29) is 5.56 Å². The fourth-order valence-corrected chi connectivity index (χ4v) is 7.26. The molecular formula is C30H27N3OS. The Labute approximate surface area is 208 Å². The zero-order valence-electron chi connectivity index (χ0n) is 19.5. The van der Waals surface area contributed by atoms with Crippen molar-refractivity contribution in [1.82, 2.24) is 14.9 Å². The number of nitrogens with zero attached hydrogens (tertiary/aromatic N) is 2. The van der Waals surface area contributed by atoms with Gasteiger partial charge >= 0.3 is 0 Å². The molecule has 3 aromatic carbocycles. The van der Waals surface area contributed by atoms with Crippen LogP contribution in [0, 0.1) is 0 Å². The predicted molar refractivity (Wildman–Crippen MR) is 143 cm³/mol. The third kappa shape index (κ3) is 3.70. The first kappa shape index (κ1) is 21.0. The fourth-order valence-electron chi connectivity index (χ4n) is 6.00. The molecule has 2 unspecified atom stereocenters. The van der Waals surface area contributed by atoms with Crippen molar-refractivity contribution in [3.8, 4) is 0 Å². The summed E-state index contributed by atoms with van der Waals surface area (Å²) in [6.45, 7) is 0.544. The maximum Gasteiger partial charge on any atom is 0.262 e. The minimum atomic E-state index is 0.0942. The zero-order valence-corrected chi connectivity index (χ0v) is 20.4. The average Bonchev–Trinajstić information content (AvgIpc) is 3.47. The lowest BCUT2D eigenvalue weighted by Gasteiger charge is -2.27. The second-order valence-electron chi connectivity index (χ2n) is 9.94. The summed E-state index contributed by atoms with van der Waals surface area (Å²) >= 11 is 1.71. The third-order valence-corrected chi connectivity index (χ3v) is 8.93. The van der Waals surface area contributed by atoms with E-state index in [0.717, 1.165) is 41.5 Å². The quantitative estimate of drug-likeness (QED) is 0.356. The maximum atomic E-state index is 13.5. The van der Waals surface area contributed by atoms with Crippen LogP contribution in [0.15, 0.2) is 77.9 Å². The van der Waals surface area contributed by atoms with Crippen LogP contribution in [0.25, 0.3) is 21.0 Å². The molecule has 1 N–H and O–H groups in total. The number of hydrogen-bond acceptors (Lipinski definition) is 4. The highest BCUT2D eigenvalue weighted by Crippen LogP contribution is 2.36. The van der Waals surface area contributed by atoms with Crippen LogP contribution in [0.2, 0.25) is 0 Å². The van der Waals surface area contributed by atoms with Gasteiger partial charge in [0, 0.05) is 17.0 Å². The van der Waals surface area contributed by atoms with E-state index in [2.05, 4.69) is 72.0 Å². The molecule has 0 radical (unpaired) electrons. The largest absolute Gasteiger partial charge is 0.307 e. The van der Waals surface area contributed by atoms with Crippen molar-refractivity contribution in [3.05, 3.63) is 111 Å². The van der Waals surface area contributed by atoms with E-state index in [4.69, 9.17) is 4.98 Å². The lowest BCUT2D eigenvalue weighted by Crippen LogP contribution is -2.36. The van der Waals surface area contributed by atoms with Gasteiger partial charge < -0.3 is 5.32 Å². The van der Waals surface area contributed by atoms with Crippen LogP contribution in [-0.2, 0) is 25.8 Å². The molecule has 0 amide bonds. The highest BCUT2D eigenvalue weighted by molar-refractivity contribution is 7.18. The molecule has 2 aliphatic rings. The van der Waals surface area contributed by atoms with Crippen LogP contribution in [-0.4, -0.2) is 15.6 Å². The first-order valence-electron chi connectivity index (χ1n) is 12.5. The lowest BCUT2D eigenvalue weighted by atomic mass is 9.92. The van der Waals surface area contributed by atoms with Crippen LogP contribution in [0.4, 0.5) is 0 Å². The van der Waals surface area contributed by atoms with Gasteiger partial charge in [-0.2, -0.15) is 0 Å². The van der Waals surface area contributed by atoms with Crippen molar-refractivity contribution in [1.29, 1.82) is 0 Å². The molecule has 5 aromatic rings. The highest BCUT2D eigenvalue weighted by Gasteiger charge is 2.29. The van der Waals surface area contributed by atoms with Gasteiger partial charge in [0.15, 0.2) is 0 Å². The lowest BCUT2D eigenvalue weighted by molar-refractivity contribution is 0.400. The number of aromatic nitrogens is 2. The topological polar surface area (TPSA) is 46.9 Å². The van der Waals surface area contributed by atoms with E-state index in [9.17, 15) is 4.79 Å². The van der Waals surface area contributed by atoms with Crippen molar-refractivity contribution in [3.63, 3.8) is 0 Å². The minimum absolute atomic E-state index is 0.0942. The standard InChI is InChI=1S/C30H27N3OS/c34-30-28-25-13-12-23(32-26-14-11-21-6-3-4-8-24(21)26)16-27(25)35-29(28)31-18-33(30)17-19-9-10-20-5-1-2-7-22(20)15-19/h1-10,15,18,23,26,32H,11-14,16-17H2. The molecule has 2 aliphatic carbocycles. The summed E-state index contributed by atoms with van der Waals surface area (Å²) in [5, 5.41) is 7.19. The van der Waals surface area contributed by atoms with Crippen LogP contribution in [0.5, 0.6) is 0 Å². The summed E-state index contributed by atoms with van der Waals surface area (Å²) in [6.07, 6.45) is 7.06. The first-order chi connectivity index (χ1) is 17.2. The molecule has 4 nitrogen and oxygen atoms in total. The van der Waals surface area contributed by atoms with Crippen LogP contribution >= 0.6 is 11.3 Å². The third-order valence-electron chi connectivity index (χ3n) is 7.77. The zero-order chi connectivity index (χ0) is 23.4. The van der Waals surface area contributed by atoms with Crippen molar-refractivity contribution in [2.24, 2.45) is 0 Å². The molecule has 7 rings (SSSR count). The summed E-state index contributed by atoms with van der Waals surface area (Å²) in [5.74, 6) is 0. The predicted octanol–water partition coefficient (Wildman–Crippen LogP) is 5.79. The summed E-state index contributed by atoms with van der Waals surface area (Å²) in [5.41, 5.74) is 5.40. The van der Waals surface area contributed by atoms with E-state index in [1.165, 1.54) is 38.8 Å². The van der Waals surface area contributed by atoms with Gasteiger partial charge in [-0.25, -0.2) is 4.98 Å². The molecule has 2 heterocycles. The summed E-state index contributed by atoms with van der Waals surface area (Å²) < 4.78 is 1.78. The first-order valence-corrected chi connectivity index (χ1v) is 13.4. The van der Waals surface area contributed by atoms with Crippen LogP contribution < -0.4 is 10.9 Å². The molecule has 0 saturated carbocycles. The Hall–Kier alpha value is -3.28. The number of hydrogen-bond donors (Lipinski definition) is 1. The van der Waals surface area contributed by atoms with Gasteiger partial charge in [0.05, 0.1) is 18.3 Å². The molecule has 0 aliphatic heterocycles. The monoisotopic (exact) mass is 477 g/mol. The number of thiophene rings is 1. The number of nitrogens with one attached hydrogen (secondary N) is 1. The molecule has 0 fully saturated rings. The Bertz CT molecular complexity index is 1630. The Morgan fingerprint density at radius 3 is 2.77 bits per heavy atom. The number of rotatable bonds is 4. The Balaban J connectivity index is 1.15. The number of benzene rings is 3. The summed E-state index contributed by atoms with van der Waals surface area (Å²) in [4.78, 5) is 20.5.